The molecular formula is C16H19N3O2. The third-order valence-corrected chi connectivity index (χ3v) is 2.62. The van der Waals surface area contributed by atoms with Crippen LogP contribution in [0.5, 0.6) is 5.75 Å². The fraction of sp³-hybridized carbons (Fsp3) is 0.312. The zero-order chi connectivity index (χ0) is 15.3. The van der Waals surface area contributed by atoms with Crippen molar-refractivity contribution in [3.8, 4) is 5.75 Å². The Labute approximate surface area is 124 Å². The maximum atomic E-state index is 12.0. The minimum Gasteiger partial charge on any atom is -0.488 e. The number of hydrogen-bond donors (Lipinski definition) is 1. The van der Waals surface area contributed by atoms with Gasteiger partial charge < -0.3 is 10.1 Å². The molecule has 0 unspecified atom stereocenters. The molecule has 0 bridgehead atoms. The third kappa shape index (κ3) is 4.56. The van der Waals surface area contributed by atoms with Gasteiger partial charge in [-0.25, -0.2) is 4.98 Å². The normalized spacial score (nSPS) is 11.0. The van der Waals surface area contributed by atoms with E-state index in [4.69, 9.17) is 4.74 Å². The number of ether oxygens (including phenoxy) is 1. The average molecular weight is 285 g/mol. The number of amides is 1. The fourth-order valence-corrected chi connectivity index (χ4v) is 1.76. The molecule has 2 rings (SSSR count). The maximum Gasteiger partial charge on any atom is 0.271 e. The molecule has 1 aromatic heterocycles. The van der Waals surface area contributed by atoms with Crippen LogP contribution in [0.4, 0.5) is 0 Å². The Balaban J connectivity index is 2.05. The quantitative estimate of drug-likeness (QED) is 0.937. The number of rotatable bonds is 4. The lowest BCUT2D eigenvalue weighted by Gasteiger charge is -2.23. The number of para-hydroxylation sites is 1. The summed E-state index contributed by atoms with van der Waals surface area (Å²) in [6.07, 6.45) is 4.46. The summed E-state index contributed by atoms with van der Waals surface area (Å²) in [5, 5.41) is 2.82. The summed E-state index contributed by atoms with van der Waals surface area (Å²) >= 11 is 0. The summed E-state index contributed by atoms with van der Waals surface area (Å²) in [6.45, 7) is 6.34. The highest BCUT2D eigenvalue weighted by atomic mass is 16.5. The van der Waals surface area contributed by atoms with Crippen molar-refractivity contribution in [2.45, 2.75) is 32.9 Å². The van der Waals surface area contributed by atoms with Gasteiger partial charge in [-0.1, -0.05) is 18.2 Å². The molecule has 0 saturated carbocycles. The largest absolute Gasteiger partial charge is 0.488 e. The van der Waals surface area contributed by atoms with Crippen molar-refractivity contribution >= 4 is 5.91 Å². The lowest BCUT2D eigenvalue weighted by atomic mass is 10.1. The second-order valence-corrected chi connectivity index (χ2v) is 5.60. The molecule has 1 amide bonds. The third-order valence-electron chi connectivity index (χ3n) is 2.62. The first-order chi connectivity index (χ1) is 9.96. The second kappa shape index (κ2) is 6.35. The molecule has 0 radical (unpaired) electrons. The van der Waals surface area contributed by atoms with E-state index in [1.807, 2.05) is 45.0 Å². The van der Waals surface area contributed by atoms with Crippen molar-refractivity contribution < 1.29 is 9.53 Å². The Morgan fingerprint density at radius 3 is 2.67 bits per heavy atom. The van der Waals surface area contributed by atoms with Crippen LogP contribution in [0.3, 0.4) is 0 Å². The topological polar surface area (TPSA) is 64.1 Å². The van der Waals surface area contributed by atoms with Gasteiger partial charge in [-0.05, 0) is 26.8 Å². The lowest BCUT2D eigenvalue weighted by molar-refractivity contribution is 0.0944. The fourth-order valence-electron chi connectivity index (χ4n) is 1.76. The van der Waals surface area contributed by atoms with Gasteiger partial charge in [-0.2, -0.15) is 0 Å². The monoisotopic (exact) mass is 285 g/mol. The van der Waals surface area contributed by atoms with E-state index in [1.54, 1.807) is 0 Å². The molecule has 0 aliphatic heterocycles. The van der Waals surface area contributed by atoms with Crippen molar-refractivity contribution in [3.05, 3.63) is 54.1 Å². The Bertz CT molecular complexity index is 606. The van der Waals surface area contributed by atoms with E-state index in [0.29, 0.717) is 12.2 Å². The van der Waals surface area contributed by atoms with Gasteiger partial charge in [0.05, 0.1) is 6.20 Å². The minimum absolute atomic E-state index is 0.256. The van der Waals surface area contributed by atoms with Crippen molar-refractivity contribution in [2.75, 3.05) is 0 Å². The lowest BCUT2D eigenvalue weighted by Crippen LogP contribution is -2.26. The molecule has 0 aliphatic carbocycles. The Morgan fingerprint density at radius 2 is 2.00 bits per heavy atom. The maximum absolute atomic E-state index is 12.0. The van der Waals surface area contributed by atoms with E-state index in [-0.39, 0.29) is 11.5 Å². The van der Waals surface area contributed by atoms with Gasteiger partial charge in [0, 0.05) is 24.5 Å². The van der Waals surface area contributed by atoms with E-state index in [2.05, 4.69) is 15.3 Å². The smallest absolute Gasteiger partial charge is 0.271 e. The summed E-state index contributed by atoms with van der Waals surface area (Å²) in [4.78, 5) is 19.8. The summed E-state index contributed by atoms with van der Waals surface area (Å²) in [7, 11) is 0. The van der Waals surface area contributed by atoms with Gasteiger partial charge in [-0.15, -0.1) is 0 Å². The van der Waals surface area contributed by atoms with Crippen molar-refractivity contribution in [1.82, 2.24) is 15.3 Å². The Hall–Kier alpha value is -2.43. The highest BCUT2D eigenvalue weighted by molar-refractivity contribution is 5.91. The first-order valence-corrected chi connectivity index (χ1v) is 6.77. The highest BCUT2D eigenvalue weighted by Gasteiger charge is 2.15. The molecule has 0 aliphatic rings. The SMILES string of the molecule is CC(C)(C)Oc1ccccc1CNC(=O)c1cnccn1. The van der Waals surface area contributed by atoms with Crippen LogP contribution in [0.2, 0.25) is 0 Å². The molecule has 5 nitrogen and oxygen atoms in total. The van der Waals surface area contributed by atoms with Crippen LogP contribution < -0.4 is 10.1 Å². The number of nitrogens with one attached hydrogen (secondary N) is 1. The average Bonchev–Trinajstić information content (AvgIpc) is 2.45. The molecule has 0 saturated heterocycles. The van der Waals surface area contributed by atoms with Crippen LogP contribution in [0.25, 0.3) is 0 Å². The first-order valence-electron chi connectivity index (χ1n) is 6.77. The summed E-state index contributed by atoms with van der Waals surface area (Å²) in [5.41, 5.74) is 0.932. The molecule has 0 fully saturated rings. The molecule has 21 heavy (non-hydrogen) atoms. The van der Waals surface area contributed by atoms with Gasteiger partial charge >= 0.3 is 0 Å². The number of aromatic nitrogens is 2. The molecule has 110 valence electrons. The van der Waals surface area contributed by atoms with E-state index in [9.17, 15) is 4.79 Å². The van der Waals surface area contributed by atoms with Crippen LogP contribution >= 0.6 is 0 Å². The highest BCUT2D eigenvalue weighted by Crippen LogP contribution is 2.22. The minimum atomic E-state index is -0.287. The van der Waals surface area contributed by atoms with Gasteiger partial charge in [0.1, 0.15) is 17.0 Å². The van der Waals surface area contributed by atoms with Crippen molar-refractivity contribution in [2.24, 2.45) is 0 Å². The Kier molecular flexibility index (Phi) is 4.52. The second-order valence-electron chi connectivity index (χ2n) is 5.60. The number of carbonyl (C=O) groups excluding carboxylic acids is 1. The zero-order valence-corrected chi connectivity index (χ0v) is 12.5. The van der Waals surface area contributed by atoms with Gasteiger partial charge in [0.2, 0.25) is 0 Å². The molecule has 1 aromatic carbocycles. The molecule has 1 N–H and O–H groups in total. The van der Waals surface area contributed by atoms with Gasteiger partial charge in [0.15, 0.2) is 0 Å². The molecule has 0 spiro atoms. The van der Waals surface area contributed by atoms with Crippen LogP contribution in [0, 0.1) is 0 Å². The molecular weight excluding hydrogens is 266 g/mol. The van der Waals surface area contributed by atoms with Crippen LogP contribution in [-0.4, -0.2) is 21.5 Å². The first kappa shape index (κ1) is 15.0. The van der Waals surface area contributed by atoms with Crippen molar-refractivity contribution in [1.29, 1.82) is 0 Å². The standard InChI is InChI=1S/C16H19N3O2/c1-16(2,3)21-14-7-5-4-6-12(14)10-19-15(20)13-11-17-8-9-18-13/h4-9,11H,10H2,1-3H3,(H,19,20). The molecule has 1 heterocycles. The summed E-state index contributed by atoms with van der Waals surface area (Å²) < 4.78 is 5.89. The predicted octanol–water partition coefficient (Wildman–Crippen LogP) is 2.58. The zero-order valence-electron chi connectivity index (χ0n) is 12.5. The van der Waals surface area contributed by atoms with E-state index >= 15 is 0 Å². The van der Waals surface area contributed by atoms with Gasteiger partial charge in [0.25, 0.3) is 5.91 Å². The summed E-state index contributed by atoms with van der Waals surface area (Å²) in [5.74, 6) is 0.512. The summed E-state index contributed by atoms with van der Waals surface area (Å²) in [6, 6.07) is 7.65. The van der Waals surface area contributed by atoms with Crippen LogP contribution in [0.1, 0.15) is 36.8 Å². The van der Waals surface area contributed by atoms with Crippen molar-refractivity contribution in [3.63, 3.8) is 0 Å². The van der Waals surface area contributed by atoms with Crippen LogP contribution in [-0.2, 0) is 6.54 Å². The van der Waals surface area contributed by atoms with E-state index < -0.39 is 0 Å². The van der Waals surface area contributed by atoms with E-state index in [1.165, 1.54) is 18.6 Å². The number of benzene rings is 1. The van der Waals surface area contributed by atoms with Gasteiger partial charge in [-0.3, -0.25) is 9.78 Å². The number of nitrogens with zero attached hydrogens (tertiary/aromatic N) is 2. The molecule has 5 heteroatoms. The predicted molar refractivity (Wildman–Crippen MR) is 80.0 cm³/mol. The Morgan fingerprint density at radius 1 is 1.24 bits per heavy atom. The molecule has 2 aromatic rings. The molecule has 0 atom stereocenters. The van der Waals surface area contributed by atoms with Crippen LogP contribution in [0.15, 0.2) is 42.9 Å². The van der Waals surface area contributed by atoms with E-state index in [0.717, 1.165) is 11.3 Å². The number of carbonyl (C=O) groups is 1. The number of hydrogen-bond acceptors (Lipinski definition) is 4.